The lowest BCUT2D eigenvalue weighted by Gasteiger charge is -2.30. The molecule has 0 amide bonds. The van der Waals surface area contributed by atoms with Gasteiger partial charge in [0.15, 0.2) is 17.1 Å². The van der Waals surface area contributed by atoms with Gasteiger partial charge in [0.25, 0.3) is 0 Å². The second-order valence-corrected chi connectivity index (χ2v) is 5.70. The van der Waals surface area contributed by atoms with Crippen molar-refractivity contribution in [3.8, 4) is 5.75 Å². The lowest BCUT2D eigenvalue weighted by molar-refractivity contribution is -0.147. The molecule has 2 rings (SSSR count). The van der Waals surface area contributed by atoms with E-state index in [4.69, 9.17) is 4.74 Å². The first kappa shape index (κ1) is 15.8. The van der Waals surface area contributed by atoms with Crippen LogP contribution in [-0.2, 0) is 4.79 Å². The summed E-state index contributed by atoms with van der Waals surface area (Å²) in [7, 11) is 0. The quantitative estimate of drug-likeness (QED) is 0.774. The van der Waals surface area contributed by atoms with Crippen molar-refractivity contribution in [2.75, 3.05) is 13.2 Å². The number of hydrogen-bond acceptors (Lipinski definition) is 3. The second-order valence-electron chi connectivity index (χ2n) is 5.70. The minimum atomic E-state index is -1.12. The van der Waals surface area contributed by atoms with Gasteiger partial charge in [-0.2, -0.15) is 0 Å². The van der Waals surface area contributed by atoms with Gasteiger partial charge >= 0.3 is 5.97 Å². The van der Waals surface area contributed by atoms with E-state index >= 15 is 0 Å². The van der Waals surface area contributed by atoms with E-state index in [-0.39, 0.29) is 18.3 Å². The van der Waals surface area contributed by atoms with Gasteiger partial charge in [0, 0.05) is 0 Å². The molecule has 0 aliphatic heterocycles. The Morgan fingerprint density at radius 3 is 2.81 bits per heavy atom. The van der Waals surface area contributed by atoms with Gasteiger partial charge in [-0.3, -0.25) is 10.1 Å². The first-order chi connectivity index (χ1) is 9.99. The number of hydrogen-bond donors (Lipinski definition) is 2. The minimum absolute atomic E-state index is 0.0504. The molecule has 0 spiro atoms. The average molecular weight is 295 g/mol. The van der Waals surface area contributed by atoms with Gasteiger partial charge in [0.2, 0.25) is 0 Å². The molecule has 1 unspecified atom stereocenters. The van der Waals surface area contributed by atoms with Crippen LogP contribution in [0.25, 0.3) is 0 Å². The highest BCUT2D eigenvalue weighted by Crippen LogP contribution is 2.40. The van der Waals surface area contributed by atoms with Crippen molar-refractivity contribution in [2.45, 2.75) is 38.6 Å². The lowest BCUT2D eigenvalue weighted by Crippen LogP contribution is -2.58. The zero-order valence-corrected chi connectivity index (χ0v) is 12.5. The minimum Gasteiger partial charge on any atom is -0.488 e. The summed E-state index contributed by atoms with van der Waals surface area (Å²) in [6.07, 6.45) is 2.56. The summed E-state index contributed by atoms with van der Waals surface area (Å²) in [5, 5.41) is 12.7. The molecule has 2 N–H and O–H groups in total. The molecule has 1 aliphatic rings. The maximum Gasteiger partial charge on any atom is 0.327 e. The standard InChI is InChI=1S/C16H22FNO3/c1-3-8-18-16(15(19)20,12-5-6-12)10-21-14-9-11(2)4-7-13(14)17/h4,7,9,12,18H,3,5-6,8,10H2,1-2H3,(H,19,20). The number of carboxylic acid groups (broad SMARTS) is 1. The predicted octanol–water partition coefficient (Wildman–Crippen LogP) is 2.75. The van der Waals surface area contributed by atoms with E-state index in [1.807, 2.05) is 13.8 Å². The van der Waals surface area contributed by atoms with Gasteiger partial charge in [-0.1, -0.05) is 13.0 Å². The number of nitrogens with one attached hydrogen (secondary N) is 1. The molecule has 0 heterocycles. The molecule has 1 saturated carbocycles. The van der Waals surface area contributed by atoms with E-state index in [0.29, 0.717) is 6.54 Å². The van der Waals surface area contributed by atoms with Gasteiger partial charge in [-0.05, 0) is 56.3 Å². The van der Waals surface area contributed by atoms with Crippen LogP contribution in [0.3, 0.4) is 0 Å². The highest BCUT2D eigenvalue weighted by Gasteiger charge is 2.51. The molecule has 21 heavy (non-hydrogen) atoms. The van der Waals surface area contributed by atoms with Crippen molar-refractivity contribution < 1.29 is 19.0 Å². The molecular weight excluding hydrogens is 273 g/mol. The monoisotopic (exact) mass is 295 g/mol. The molecule has 1 fully saturated rings. The van der Waals surface area contributed by atoms with Gasteiger partial charge < -0.3 is 9.84 Å². The molecule has 1 aliphatic carbocycles. The Morgan fingerprint density at radius 1 is 1.52 bits per heavy atom. The Labute approximate surface area is 124 Å². The highest BCUT2D eigenvalue weighted by molar-refractivity contribution is 5.80. The maximum absolute atomic E-state index is 13.7. The van der Waals surface area contributed by atoms with E-state index < -0.39 is 17.3 Å². The fourth-order valence-electron chi connectivity index (χ4n) is 2.46. The zero-order chi connectivity index (χ0) is 15.5. The van der Waals surface area contributed by atoms with Gasteiger partial charge in [-0.25, -0.2) is 4.39 Å². The van der Waals surface area contributed by atoms with E-state index in [0.717, 1.165) is 24.8 Å². The predicted molar refractivity (Wildman–Crippen MR) is 78.0 cm³/mol. The third-order valence-corrected chi connectivity index (χ3v) is 3.89. The van der Waals surface area contributed by atoms with Gasteiger partial charge in [0.05, 0.1) is 0 Å². The lowest BCUT2D eigenvalue weighted by atomic mass is 9.94. The van der Waals surface area contributed by atoms with E-state index in [9.17, 15) is 14.3 Å². The first-order valence-electron chi connectivity index (χ1n) is 7.37. The molecule has 0 saturated heterocycles. The Kier molecular flexibility index (Phi) is 4.83. The number of benzene rings is 1. The molecule has 1 atom stereocenters. The molecule has 1 aromatic rings. The number of aryl methyl sites for hydroxylation is 1. The van der Waals surface area contributed by atoms with Crippen molar-refractivity contribution in [1.29, 1.82) is 0 Å². The maximum atomic E-state index is 13.7. The summed E-state index contributed by atoms with van der Waals surface area (Å²) >= 11 is 0. The number of ether oxygens (including phenoxy) is 1. The van der Waals surface area contributed by atoms with Gasteiger partial charge in [0.1, 0.15) is 6.61 Å². The number of aliphatic carboxylic acids is 1. The molecular formula is C16H22FNO3. The SMILES string of the molecule is CCCNC(COc1cc(C)ccc1F)(C(=O)O)C1CC1. The van der Waals surface area contributed by atoms with Gasteiger partial charge in [-0.15, -0.1) is 0 Å². The largest absolute Gasteiger partial charge is 0.488 e. The molecule has 0 radical (unpaired) electrons. The van der Waals surface area contributed by atoms with Crippen molar-refractivity contribution >= 4 is 5.97 Å². The van der Waals surface area contributed by atoms with E-state index in [2.05, 4.69) is 5.32 Å². The smallest absolute Gasteiger partial charge is 0.327 e. The summed E-state index contributed by atoms with van der Waals surface area (Å²) in [6.45, 7) is 4.36. The molecule has 0 aromatic heterocycles. The van der Waals surface area contributed by atoms with Crippen LogP contribution in [0.4, 0.5) is 4.39 Å². The van der Waals surface area contributed by atoms with Crippen LogP contribution in [0.5, 0.6) is 5.75 Å². The Morgan fingerprint density at radius 2 is 2.24 bits per heavy atom. The highest BCUT2D eigenvalue weighted by atomic mass is 19.1. The van der Waals surface area contributed by atoms with Crippen LogP contribution < -0.4 is 10.1 Å². The van der Waals surface area contributed by atoms with Crippen LogP contribution in [0.15, 0.2) is 18.2 Å². The average Bonchev–Trinajstić information content (AvgIpc) is 3.27. The van der Waals surface area contributed by atoms with Crippen LogP contribution in [-0.4, -0.2) is 29.8 Å². The van der Waals surface area contributed by atoms with Crippen molar-refractivity contribution in [3.63, 3.8) is 0 Å². The summed E-state index contributed by atoms with van der Waals surface area (Å²) in [5.41, 5.74) is -0.244. The van der Waals surface area contributed by atoms with Crippen LogP contribution >= 0.6 is 0 Å². The number of carbonyl (C=O) groups is 1. The molecule has 1 aromatic carbocycles. The summed E-state index contributed by atoms with van der Waals surface area (Å²) < 4.78 is 19.2. The normalized spacial score (nSPS) is 17.3. The van der Waals surface area contributed by atoms with Crippen molar-refractivity contribution in [2.24, 2.45) is 5.92 Å². The number of rotatable bonds is 8. The summed E-state index contributed by atoms with van der Waals surface area (Å²) in [4.78, 5) is 11.7. The Balaban J connectivity index is 2.15. The number of carboxylic acids is 1. The number of halogens is 1. The summed E-state index contributed by atoms with van der Waals surface area (Å²) in [5.74, 6) is -1.23. The molecule has 0 bridgehead atoms. The van der Waals surface area contributed by atoms with E-state index in [1.165, 1.54) is 6.07 Å². The van der Waals surface area contributed by atoms with Crippen molar-refractivity contribution in [1.82, 2.24) is 5.32 Å². The van der Waals surface area contributed by atoms with Crippen LogP contribution in [0.1, 0.15) is 31.7 Å². The first-order valence-corrected chi connectivity index (χ1v) is 7.37. The summed E-state index contributed by atoms with van der Waals surface area (Å²) in [6, 6.07) is 4.58. The van der Waals surface area contributed by atoms with Crippen molar-refractivity contribution in [3.05, 3.63) is 29.6 Å². The fourth-order valence-corrected chi connectivity index (χ4v) is 2.46. The van der Waals surface area contributed by atoms with E-state index in [1.54, 1.807) is 12.1 Å². The third-order valence-electron chi connectivity index (χ3n) is 3.89. The topological polar surface area (TPSA) is 58.6 Å². The Bertz CT molecular complexity index is 516. The van der Waals surface area contributed by atoms with Crippen LogP contribution in [0, 0.1) is 18.7 Å². The Hall–Kier alpha value is -1.62. The molecule has 4 nitrogen and oxygen atoms in total. The molecule has 116 valence electrons. The second kappa shape index (κ2) is 6.43. The van der Waals surface area contributed by atoms with Crippen LogP contribution in [0.2, 0.25) is 0 Å². The fraction of sp³-hybridized carbons (Fsp3) is 0.562. The molecule has 5 heteroatoms. The zero-order valence-electron chi connectivity index (χ0n) is 12.5. The third kappa shape index (κ3) is 3.53.